The summed E-state index contributed by atoms with van der Waals surface area (Å²) in [6.07, 6.45) is -1.75. The van der Waals surface area contributed by atoms with Crippen LogP contribution in [-0.2, 0) is 14.8 Å². The monoisotopic (exact) mass is 373 g/mol. The lowest BCUT2D eigenvalue weighted by Crippen LogP contribution is -2.31. The summed E-state index contributed by atoms with van der Waals surface area (Å²) in [6, 6.07) is 2.90. The fraction of sp³-hybridized carbons (Fsp3) is 0.154. The topological polar surface area (TPSA) is 172 Å². The van der Waals surface area contributed by atoms with Gasteiger partial charge in [0.05, 0.1) is 4.90 Å². The third-order valence-corrected chi connectivity index (χ3v) is 4.87. The molecule has 25 heavy (non-hydrogen) atoms. The zero-order valence-corrected chi connectivity index (χ0v) is 13.3. The highest BCUT2D eigenvalue weighted by Crippen LogP contribution is 2.35. The van der Waals surface area contributed by atoms with E-state index in [9.17, 15) is 22.8 Å². The molecule has 2 rings (SSSR count). The van der Waals surface area contributed by atoms with Gasteiger partial charge in [0.1, 0.15) is 0 Å². The predicted octanol–water partition coefficient (Wildman–Crippen LogP) is 0.893. The van der Waals surface area contributed by atoms with E-state index in [4.69, 9.17) is 24.5 Å². The smallest absolute Gasteiger partial charge is 0.421 e. The van der Waals surface area contributed by atoms with Crippen LogP contribution >= 0.6 is 0 Å². The van der Waals surface area contributed by atoms with Crippen molar-refractivity contribution < 1.29 is 47.3 Å². The summed E-state index contributed by atoms with van der Waals surface area (Å²) in [5, 5.41) is 26.3. The number of nitrogens with zero attached hydrogens (tertiary/aromatic N) is 1. The van der Waals surface area contributed by atoms with Crippen LogP contribution in [0.1, 0.15) is 10.6 Å². The molecule has 1 aromatic carbocycles. The molecule has 2 aromatic rings. The van der Waals surface area contributed by atoms with Crippen molar-refractivity contribution in [3.8, 4) is 5.75 Å². The quantitative estimate of drug-likeness (QED) is 0.660. The van der Waals surface area contributed by atoms with Crippen LogP contribution in [0.15, 0.2) is 27.5 Å². The van der Waals surface area contributed by atoms with Crippen LogP contribution in [0.3, 0.4) is 0 Å². The lowest BCUT2D eigenvalue weighted by atomic mass is 10.2. The van der Waals surface area contributed by atoms with Crippen LogP contribution in [-0.4, -0.2) is 59.7 Å². The maximum absolute atomic E-state index is 12.4. The SMILES string of the molecule is CN(C(=O)O)S(=O)(=O)c1ccc(OCC(=O)O)c2oc(C(=O)O)cc12. The van der Waals surface area contributed by atoms with Crippen molar-refractivity contribution in [3.63, 3.8) is 0 Å². The number of carboxylic acid groups (broad SMARTS) is 3. The summed E-state index contributed by atoms with van der Waals surface area (Å²) >= 11 is 0. The molecule has 0 aliphatic rings. The van der Waals surface area contributed by atoms with Gasteiger partial charge in [0.2, 0.25) is 5.76 Å². The third-order valence-electron chi connectivity index (χ3n) is 3.08. The highest BCUT2D eigenvalue weighted by Gasteiger charge is 2.30. The Morgan fingerprint density at radius 2 is 1.84 bits per heavy atom. The number of furan rings is 1. The molecule has 11 nitrogen and oxygen atoms in total. The summed E-state index contributed by atoms with van der Waals surface area (Å²) in [6.45, 7) is -0.778. The predicted molar refractivity (Wildman–Crippen MR) is 79.3 cm³/mol. The standard InChI is InChI=1S/C13H11NO10S/c1-14(13(19)20)25(21,22)9-3-2-7(23-5-10(15)16)11-6(9)4-8(24-11)12(17)18/h2-4H,5H2,1H3,(H,15,16)(H,17,18)(H,19,20). The molecule has 1 heterocycles. The Hall–Kier alpha value is -3.28. The van der Waals surface area contributed by atoms with Crippen molar-refractivity contribution in [2.75, 3.05) is 13.7 Å². The minimum absolute atomic E-state index is 0.0486. The molecule has 3 N–H and O–H groups in total. The highest BCUT2D eigenvalue weighted by molar-refractivity contribution is 7.89. The first-order chi connectivity index (χ1) is 11.6. The van der Waals surface area contributed by atoms with Crippen molar-refractivity contribution in [1.29, 1.82) is 0 Å². The van der Waals surface area contributed by atoms with Crippen LogP contribution in [0.2, 0.25) is 0 Å². The first kappa shape index (κ1) is 18.1. The number of aromatic carboxylic acids is 1. The Morgan fingerprint density at radius 1 is 1.20 bits per heavy atom. The molecule has 0 spiro atoms. The Balaban J connectivity index is 2.71. The zero-order chi connectivity index (χ0) is 18.9. The van der Waals surface area contributed by atoms with Gasteiger partial charge in [-0.25, -0.2) is 27.1 Å². The average molecular weight is 373 g/mol. The van der Waals surface area contributed by atoms with Gasteiger partial charge in [-0.3, -0.25) is 0 Å². The van der Waals surface area contributed by atoms with Crippen molar-refractivity contribution in [1.82, 2.24) is 4.31 Å². The fourth-order valence-corrected chi connectivity index (χ4v) is 3.08. The summed E-state index contributed by atoms with van der Waals surface area (Å²) in [4.78, 5) is 32.1. The molecule has 0 saturated carbocycles. The Morgan fingerprint density at radius 3 is 2.36 bits per heavy atom. The molecule has 0 radical (unpaired) electrons. The average Bonchev–Trinajstić information content (AvgIpc) is 2.96. The van der Waals surface area contributed by atoms with Gasteiger partial charge in [-0.05, 0) is 12.1 Å². The van der Waals surface area contributed by atoms with E-state index in [1.165, 1.54) is 0 Å². The van der Waals surface area contributed by atoms with E-state index in [2.05, 4.69) is 0 Å². The number of hydrogen-bond donors (Lipinski definition) is 3. The van der Waals surface area contributed by atoms with E-state index in [1.54, 1.807) is 0 Å². The Labute approximate surface area is 139 Å². The van der Waals surface area contributed by atoms with Crippen molar-refractivity contribution >= 4 is 39.0 Å². The molecule has 0 aliphatic heterocycles. The number of ether oxygens (including phenoxy) is 1. The van der Waals surface area contributed by atoms with E-state index in [0.29, 0.717) is 0 Å². The molecule has 1 aromatic heterocycles. The number of sulfonamides is 1. The van der Waals surface area contributed by atoms with Gasteiger partial charge in [-0.2, -0.15) is 0 Å². The second-order valence-corrected chi connectivity index (χ2v) is 6.60. The van der Waals surface area contributed by atoms with Crippen LogP contribution in [0.4, 0.5) is 4.79 Å². The van der Waals surface area contributed by atoms with Gasteiger partial charge in [-0.15, -0.1) is 0 Å². The lowest BCUT2D eigenvalue weighted by molar-refractivity contribution is -0.139. The lowest BCUT2D eigenvalue weighted by Gasteiger charge is -2.15. The molecule has 1 amide bonds. The number of amides is 1. The van der Waals surface area contributed by atoms with Crippen molar-refractivity contribution in [3.05, 3.63) is 24.0 Å². The molecule has 0 atom stereocenters. The molecule has 0 unspecified atom stereocenters. The minimum Gasteiger partial charge on any atom is -0.479 e. The first-order valence-electron chi connectivity index (χ1n) is 6.42. The van der Waals surface area contributed by atoms with E-state index < -0.39 is 45.3 Å². The number of carboxylic acids is 2. The first-order valence-corrected chi connectivity index (χ1v) is 7.86. The largest absolute Gasteiger partial charge is 0.479 e. The molecular weight excluding hydrogens is 362 g/mol. The normalized spacial score (nSPS) is 11.2. The number of benzene rings is 1. The van der Waals surface area contributed by atoms with Crippen molar-refractivity contribution in [2.24, 2.45) is 0 Å². The number of carbonyl (C=O) groups is 3. The van der Waals surface area contributed by atoms with Gasteiger partial charge in [0, 0.05) is 18.5 Å². The zero-order valence-electron chi connectivity index (χ0n) is 12.5. The summed E-state index contributed by atoms with van der Waals surface area (Å²) in [5.74, 6) is -3.66. The molecule has 0 saturated heterocycles. The molecule has 0 bridgehead atoms. The maximum atomic E-state index is 12.4. The van der Waals surface area contributed by atoms with E-state index in [1.807, 2.05) is 0 Å². The number of rotatable bonds is 6. The van der Waals surface area contributed by atoms with Gasteiger partial charge in [-0.1, -0.05) is 0 Å². The summed E-state index contributed by atoms with van der Waals surface area (Å²) in [7, 11) is -3.71. The number of fused-ring (bicyclic) bond motifs is 1. The van der Waals surface area contributed by atoms with Crippen LogP contribution in [0.5, 0.6) is 5.75 Å². The van der Waals surface area contributed by atoms with Crippen LogP contribution < -0.4 is 4.74 Å². The van der Waals surface area contributed by atoms with E-state index in [-0.39, 0.29) is 21.0 Å². The van der Waals surface area contributed by atoms with E-state index >= 15 is 0 Å². The molecule has 0 fully saturated rings. The Bertz CT molecular complexity index is 974. The highest BCUT2D eigenvalue weighted by atomic mass is 32.2. The molecular formula is C13H11NO10S. The van der Waals surface area contributed by atoms with Gasteiger partial charge < -0.3 is 24.5 Å². The minimum atomic E-state index is -4.52. The second-order valence-electron chi connectivity index (χ2n) is 4.66. The summed E-state index contributed by atoms with van der Waals surface area (Å²) < 4.78 is 34.7. The van der Waals surface area contributed by atoms with Gasteiger partial charge in [0.25, 0.3) is 10.0 Å². The second kappa shape index (κ2) is 6.32. The maximum Gasteiger partial charge on any atom is 0.421 e. The number of hydrogen-bond acceptors (Lipinski definition) is 7. The molecule has 0 aliphatic carbocycles. The number of aliphatic carboxylic acids is 1. The van der Waals surface area contributed by atoms with Crippen LogP contribution in [0.25, 0.3) is 11.0 Å². The summed E-state index contributed by atoms with van der Waals surface area (Å²) in [5.41, 5.74) is -0.335. The molecule has 12 heteroatoms. The van der Waals surface area contributed by atoms with Crippen LogP contribution in [0, 0.1) is 0 Å². The van der Waals surface area contributed by atoms with E-state index in [0.717, 1.165) is 25.2 Å². The third kappa shape index (κ3) is 3.33. The van der Waals surface area contributed by atoms with Gasteiger partial charge >= 0.3 is 18.0 Å². The fourth-order valence-electron chi connectivity index (χ4n) is 1.91. The van der Waals surface area contributed by atoms with Gasteiger partial charge in [0.15, 0.2) is 17.9 Å². The van der Waals surface area contributed by atoms with Crippen molar-refractivity contribution in [2.45, 2.75) is 4.90 Å². The molecule has 134 valence electrons. The Kier molecular flexibility index (Phi) is 4.56.